The fourth-order valence-electron chi connectivity index (χ4n) is 5.07. The molecule has 0 aromatic carbocycles. The normalized spacial score (nSPS) is 39.9. The van der Waals surface area contributed by atoms with Crippen LogP contribution < -0.4 is 10.6 Å². The Kier molecular flexibility index (Phi) is 5.37. The quantitative estimate of drug-likeness (QED) is 0.779. The lowest BCUT2D eigenvalue weighted by Crippen LogP contribution is -2.59. The van der Waals surface area contributed by atoms with Crippen molar-refractivity contribution in [3.8, 4) is 0 Å². The molecule has 4 fully saturated rings. The van der Waals surface area contributed by atoms with E-state index in [1.165, 1.54) is 37.9 Å². The Balaban J connectivity index is 1.28. The van der Waals surface area contributed by atoms with Gasteiger partial charge in [0, 0.05) is 49.4 Å². The summed E-state index contributed by atoms with van der Waals surface area (Å²) >= 11 is 2.03. The van der Waals surface area contributed by atoms with E-state index in [1.807, 2.05) is 11.8 Å². The van der Waals surface area contributed by atoms with Crippen molar-refractivity contribution >= 4 is 17.7 Å². The van der Waals surface area contributed by atoms with Crippen LogP contribution in [0.3, 0.4) is 0 Å². The molecule has 3 atom stereocenters. The van der Waals surface area contributed by atoms with Gasteiger partial charge in [0.15, 0.2) is 0 Å². The number of carbonyl (C=O) groups excluding carboxylic acids is 1. The zero-order valence-electron chi connectivity index (χ0n) is 14.6. The minimum absolute atomic E-state index is 0.164. The molecule has 2 bridgehead atoms. The zero-order valence-corrected chi connectivity index (χ0v) is 15.4. The number of nitrogens with zero attached hydrogens (tertiary/aromatic N) is 1. The predicted molar refractivity (Wildman–Crippen MR) is 97.4 cm³/mol. The van der Waals surface area contributed by atoms with Crippen LogP contribution in [0, 0.1) is 5.92 Å². The van der Waals surface area contributed by atoms with Gasteiger partial charge in [0.05, 0.1) is 13.2 Å². The van der Waals surface area contributed by atoms with E-state index in [0.29, 0.717) is 18.0 Å². The van der Waals surface area contributed by atoms with Crippen LogP contribution in [0.15, 0.2) is 0 Å². The number of thioether (sulfide) groups is 1. The minimum atomic E-state index is 0.164. The second-order valence-corrected chi connectivity index (χ2v) is 9.19. The summed E-state index contributed by atoms with van der Waals surface area (Å²) in [4.78, 5) is 15.1. The first kappa shape index (κ1) is 17.1. The summed E-state index contributed by atoms with van der Waals surface area (Å²) in [5.74, 6) is 3.21. The highest BCUT2D eigenvalue weighted by atomic mass is 32.2. The summed E-state index contributed by atoms with van der Waals surface area (Å²) in [6, 6.07) is 1.35. The number of nitrogens with one attached hydrogen (secondary N) is 2. The highest BCUT2D eigenvalue weighted by Crippen LogP contribution is 2.34. The van der Waals surface area contributed by atoms with E-state index in [2.05, 4.69) is 15.5 Å². The van der Waals surface area contributed by atoms with Gasteiger partial charge in [-0.15, -0.1) is 0 Å². The molecule has 0 aromatic rings. The Morgan fingerprint density at radius 2 is 2.00 bits per heavy atom. The van der Waals surface area contributed by atoms with Crippen LogP contribution in [0.2, 0.25) is 0 Å². The standard InChI is InChI=1S/C18H31N3O2S/c22-17(11-14-9-15-1-2-16(10-14)20-15)19-12-18(3-8-24-13-18)21-4-6-23-7-5-21/h14-16,20H,1-13H2,(H,19,22). The molecule has 0 radical (unpaired) electrons. The zero-order chi connectivity index (χ0) is 16.4. The Hall–Kier alpha value is -0.300. The molecule has 4 saturated heterocycles. The van der Waals surface area contributed by atoms with Crippen LogP contribution in [-0.4, -0.2) is 72.8 Å². The van der Waals surface area contributed by atoms with Gasteiger partial charge in [-0.25, -0.2) is 0 Å². The summed E-state index contributed by atoms with van der Waals surface area (Å²) in [6.07, 6.45) is 6.90. The molecular weight excluding hydrogens is 322 g/mol. The molecule has 4 aliphatic heterocycles. The van der Waals surface area contributed by atoms with E-state index >= 15 is 0 Å². The number of amides is 1. The lowest BCUT2D eigenvalue weighted by molar-refractivity contribution is -0.123. The fraction of sp³-hybridized carbons (Fsp3) is 0.944. The molecule has 0 aliphatic carbocycles. The molecule has 4 heterocycles. The monoisotopic (exact) mass is 353 g/mol. The molecular formula is C18H31N3O2S. The molecule has 136 valence electrons. The number of carbonyl (C=O) groups is 1. The van der Waals surface area contributed by atoms with Crippen LogP contribution >= 0.6 is 11.8 Å². The molecule has 4 aliphatic rings. The second kappa shape index (κ2) is 7.52. The second-order valence-electron chi connectivity index (χ2n) is 8.08. The van der Waals surface area contributed by atoms with Crippen molar-refractivity contribution in [3.05, 3.63) is 0 Å². The summed E-state index contributed by atoms with van der Waals surface area (Å²) < 4.78 is 5.51. The molecule has 2 N–H and O–H groups in total. The third kappa shape index (κ3) is 3.76. The number of morpholine rings is 1. The van der Waals surface area contributed by atoms with Crippen LogP contribution in [0.5, 0.6) is 0 Å². The molecule has 24 heavy (non-hydrogen) atoms. The SMILES string of the molecule is O=C(CC1CC2CCC(C1)N2)NCC1(N2CCOCC2)CCSC1. The van der Waals surface area contributed by atoms with Crippen LogP contribution in [0.4, 0.5) is 0 Å². The van der Waals surface area contributed by atoms with Gasteiger partial charge in [-0.1, -0.05) is 0 Å². The van der Waals surface area contributed by atoms with Crippen molar-refractivity contribution in [1.29, 1.82) is 0 Å². The number of fused-ring (bicyclic) bond motifs is 2. The van der Waals surface area contributed by atoms with E-state index in [0.717, 1.165) is 45.0 Å². The Morgan fingerprint density at radius 3 is 2.67 bits per heavy atom. The van der Waals surface area contributed by atoms with Crippen molar-refractivity contribution in [1.82, 2.24) is 15.5 Å². The topological polar surface area (TPSA) is 53.6 Å². The third-order valence-corrected chi connectivity index (χ3v) is 7.66. The first-order valence-electron chi connectivity index (χ1n) is 9.67. The van der Waals surface area contributed by atoms with Crippen LogP contribution in [0.25, 0.3) is 0 Å². The largest absolute Gasteiger partial charge is 0.379 e. The van der Waals surface area contributed by atoms with Gasteiger partial charge < -0.3 is 15.4 Å². The van der Waals surface area contributed by atoms with Crippen LogP contribution in [-0.2, 0) is 9.53 Å². The smallest absolute Gasteiger partial charge is 0.220 e. The first-order valence-corrected chi connectivity index (χ1v) is 10.8. The predicted octanol–water partition coefficient (Wildman–Crippen LogP) is 1.23. The van der Waals surface area contributed by atoms with E-state index < -0.39 is 0 Å². The van der Waals surface area contributed by atoms with Gasteiger partial charge in [0.25, 0.3) is 0 Å². The maximum Gasteiger partial charge on any atom is 0.220 e. The van der Waals surface area contributed by atoms with Gasteiger partial charge in [0.2, 0.25) is 5.91 Å². The van der Waals surface area contributed by atoms with E-state index in [-0.39, 0.29) is 11.4 Å². The maximum atomic E-state index is 12.5. The summed E-state index contributed by atoms with van der Waals surface area (Å²) in [5.41, 5.74) is 0.164. The Labute approximate surface area is 149 Å². The fourth-order valence-corrected chi connectivity index (χ4v) is 6.55. The molecule has 0 saturated carbocycles. The third-order valence-electron chi connectivity index (χ3n) is 6.42. The van der Waals surface area contributed by atoms with Crippen molar-refractivity contribution in [2.75, 3.05) is 44.4 Å². The molecule has 4 rings (SSSR count). The summed E-state index contributed by atoms with van der Waals surface area (Å²) in [5, 5.41) is 6.97. The molecule has 6 heteroatoms. The summed E-state index contributed by atoms with van der Waals surface area (Å²) in [7, 11) is 0. The number of hydrogen-bond acceptors (Lipinski definition) is 5. The molecule has 0 aromatic heterocycles. The van der Waals surface area contributed by atoms with E-state index in [9.17, 15) is 4.79 Å². The van der Waals surface area contributed by atoms with Crippen molar-refractivity contribution < 1.29 is 9.53 Å². The van der Waals surface area contributed by atoms with Gasteiger partial charge in [-0.05, 0) is 43.8 Å². The first-order chi connectivity index (χ1) is 11.7. The molecule has 1 amide bonds. The molecule has 3 unspecified atom stereocenters. The maximum absolute atomic E-state index is 12.5. The lowest BCUT2D eigenvalue weighted by atomic mass is 9.89. The number of ether oxygens (including phenoxy) is 1. The highest BCUT2D eigenvalue weighted by Gasteiger charge is 2.41. The molecule has 5 nitrogen and oxygen atoms in total. The van der Waals surface area contributed by atoms with E-state index in [1.54, 1.807) is 0 Å². The summed E-state index contributed by atoms with van der Waals surface area (Å²) in [6.45, 7) is 4.50. The van der Waals surface area contributed by atoms with Gasteiger partial charge in [-0.2, -0.15) is 11.8 Å². The van der Waals surface area contributed by atoms with Gasteiger partial charge in [-0.3, -0.25) is 9.69 Å². The number of hydrogen-bond donors (Lipinski definition) is 2. The van der Waals surface area contributed by atoms with Crippen LogP contribution in [0.1, 0.15) is 38.5 Å². The van der Waals surface area contributed by atoms with Crippen molar-refractivity contribution in [2.24, 2.45) is 5.92 Å². The lowest BCUT2D eigenvalue weighted by Gasteiger charge is -2.43. The van der Waals surface area contributed by atoms with E-state index in [4.69, 9.17) is 4.74 Å². The number of piperidine rings is 1. The van der Waals surface area contributed by atoms with Crippen molar-refractivity contribution in [2.45, 2.75) is 56.1 Å². The highest BCUT2D eigenvalue weighted by molar-refractivity contribution is 7.99. The van der Waals surface area contributed by atoms with Gasteiger partial charge >= 0.3 is 0 Å². The Bertz CT molecular complexity index is 438. The average molecular weight is 354 g/mol. The number of rotatable bonds is 5. The van der Waals surface area contributed by atoms with Crippen molar-refractivity contribution in [3.63, 3.8) is 0 Å². The Morgan fingerprint density at radius 1 is 1.25 bits per heavy atom. The average Bonchev–Trinajstić information content (AvgIpc) is 3.21. The van der Waals surface area contributed by atoms with Gasteiger partial charge in [0.1, 0.15) is 0 Å². The molecule has 0 spiro atoms. The minimum Gasteiger partial charge on any atom is -0.379 e.